The van der Waals surface area contributed by atoms with Crippen LogP contribution in [-0.2, 0) is 15.1 Å². The predicted molar refractivity (Wildman–Crippen MR) is 82.3 cm³/mol. The van der Waals surface area contributed by atoms with Gasteiger partial charge in [0.15, 0.2) is 11.4 Å². The van der Waals surface area contributed by atoms with E-state index in [-0.39, 0.29) is 12.2 Å². The molecule has 1 atom stereocenters. The number of esters is 1. The number of rotatable bonds is 6. The van der Waals surface area contributed by atoms with E-state index in [0.29, 0.717) is 5.56 Å². The molecule has 0 fully saturated rings. The number of carbonyl (C=O) groups is 2. The molecule has 1 N–H and O–H groups in total. The molecule has 0 aliphatic carbocycles. The number of carbonyl (C=O) groups excluding carboxylic acids is 2. The van der Waals surface area contributed by atoms with Crippen molar-refractivity contribution in [3.05, 3.63) is 71.5 Å². The second-order valence-corrected chi connectivity index (χ2v) is 5.05. The van der Waals surface area contributed by atoms with Gasteiger partial charge in [-0.1, -0.05) is 42.5 Å². The third kappa shape index (κ3) is 3.81. The maximum absolute atomic E-state index is 13.1. The lowest BCUT2D eigenvalue weighted by atomic mass is 9.87. The fourth-order valence-corrected chi connectivity index (χ4v) is 2.23. The van der Waals surface area contributed by atoms with Gasteiger partial charge in [-0.15, -0.1) is 0 Å². The van der Waals surface area contributed by atoms with Crippen molar-refractivity contribution >= 4 is 11.8 Å². The summed E-state index contributed by atoms with van der Waals surface area (Å²) >= 11 is 0. The van der Waals surface area contributed by atoms with Crippen LogP contribution in [0.2, 0.25) is 0 Å². The summed E-state index contributed by atoms with van der Waals surface area (Å²) in [5.41, 5.74) is -1.67. The van der Waals surface area contributed by atoms with E-state index in [2.05, 4.69) is 0 Å². The molecule has 0 spiro atoms. The molecular weight excluding hydrogens is 299 g/mol. The number of halogens is 1. The molecule has 0 aliphatic rings. The Hall–Kier alpha value is -2.53. The zero-order valence-corrected chi connectivity index (χ0v) is 12.7. The largest absolute Gasteiger partial charge is 0.464 e. The summed E-state index contributed by atoms with van der Waals surface area (Å²) in [5.74, 6) is -1.85. The van der Waals surface area contributed by atoms with Gasteiger partial charge in [0.2, 0.25) is 0 Å². The molecule has 0 bridgehead atoms. The fraction of sp³-hybridized carbons (Fsp3) is 0.222. The first-order valence-electron chi connectivity index (χ1n) is 7.21. The maximum atomic E-state index is 13.1. The van der Waals surface area contributed by atoms with Gasteiger partial charge >= 0.3 is 5.97 Å². The van der Waals surface area contributed by atoms with E-state index in [1.54, 1.807) is 37.3 Å². The SMILES string of the molecule is CCOC(=O)C(O)(CC(=O)c1ccccc1)c1ccc(F)cc1. The van der Waals surface area contributed by atoms with Crippen molar-refractivity contribution in [2.75, 3.05) is 6.61 Å². The maximum Gasteiger partial charge on any atom is 0.343 e. The van der Waals surface area contributed by atoms with Gasteiger partial charge in [-0.2, -0.15) is 0 Å². The smallest absolute Gasteiger partial charge is 0.343 e. The van der Waals surface area contributed by atoms with E-state index in [1.807, 2.05) is 0 Å². The lowest BCUT2D eigenvalue weighted by Crippen LogP contribution is -2.39. The highest BCUT2D eigenvalue weighted by Crippen LogP contribution is 2.29. The summed E-state index contributed by atoms with van der Waals surface area (Å²) in [6.07, 6.45) is -0.485. The van der Waals surface area contributed by atoms with Gasteiger partial charge in [0, 0.05) is 5.56 Å². The number of ketones is 1. The number of benzene rings is 2. The van der Waals surface area contributed by atoms with E-state index >= 15 is 0 Å². The van der Waals surface area contributed by atoms with Crippen LogP contribution >= 0.6 is 0 Å². The molecule has 2 aromatic rings. The third-order valence-corrected chi connectivity index (χ3v) is 3.45. The minimum atomic E-state index is -2.16. The zero-order valence-electron chi connectivity index (χ0n) is 12.7. The molecule has 0 amide bonds. The number of hydrogen-bond acceptors (Lipinski definition) is 4. The molecule has 0 aliphatic heterocycles. The normalized spacial score (nSPS) is 13.2. The Morgan fingerprint density at radius 3 is 2.26 bits per heavy atom. The summed E-state index contributed by atoms with van der Waals surface area (Å²) in [6, 6.07) is 13.1. The molecule has 0 saturated carbocycles. The van der Waals surface area contributed by atoms with Crippen LogP contribution in [-0.4, -0.2) is 23.5 Å². The highest BCUT2D eigenvalue weighted by molar-refractivity contribution is 6.00. The van der Waals surface area contributed by atoms with Crippen LogP contribution in [0.25, 0.3) is 0 Å². The highest BCUT2D eigenvalue weighted by atomic mass is 19.1. The molecule has 120 valence electrons. The molecule has 2 rings (SSSR count). The first kappa shape index (κ1) is 16.8. The highest BCUT2D eigenvalue weighted by Gasteiger charge is 2.41. The third-order valence-electron chi connectivity index (χ3n) is 3.45. The van der Waals surface area contributed by atoms with E-state index < -0.39 is 29.6 Å². The van der Waals surface area contributed by atoms with Crippen LogP contribution in [0.15, 0.2) is 54.6 Å². The molecule has 2 aromatic carbocycles. The second-order valence-electron chi connectivity index (χ2n) is 5.05. The van der Waals surface area contributed by atoms with Crippen molar-refractivity contribution in [3.63, 3.8) is 0 Å². The van der Waals surface area contributed by atoms with Crippen molar-refractivity contribution in [2.24, 2.45) is 0 Å². The fourth-order valence-electron chi connectivity index (χ4n) is 2.23. The van der Waals surface area contributed by atoms with E-state index in [1.165, 1.54) is 12.1 Å². The van der Waals surface area contributed by atoms with Gasteiger partial charge < -0.3 is 9.84 Å². The first-order chi connectivity index (χ1) is 11.0. The monoisotopic (exact) mass is 316 g/mol. The van der Waals surface area contributed by atoms with Crippen molar-refractivity contribution in [2.45, 2.75) is 18.9 Å². The van der Waals surface area contributed by atoms with Crippen LogP contribution < -0.4 is 0 Å². The molecule has 0 saturated heterocycles. The van der Waals surface area contributed by atoms with Gasteiger partial charge in [-0.25, -0.2) is 9.18 Å². The Morgan fingerprint density at radius 2 is 1.70 bits per heavy atom. The standard InChI is InChI=1S/C18H17FO4/c1-2-23-17(21)18(22,14-8-10-15(19)11-9-14)12-16(20)13-6-4-3-5-7-13/h3-11,22H,2,12H2,1H3. The number of Topliss-reactive ketones (excluding diaryl/α,β-unsaturated/α-hetero) is 1. The Labute approximate surface area is 133 Å². The van der Waals surface area contributed by atoms with Crippen molar-refractivity contribution in [1.29, 1.82) is 0 Å². The van der Waals surface area contributed by atoms with Gasteiger partial charge in [-0.3, -0.25) is 4.79 Å². The van der Waals surface area contributed by atoms with Crippen LogP contribution in [0.1, 0.15) is 29.3 Å². The van der Waals surface area contributed by atoms with Gasteiger partial charge in [-0.05, 0) is 24.6 Å². The molecule has 0 aromatic heterocycles. The molecule has 4 nitrogen and oxygen atoms in total. The zero-order chi connectivity index (χ0) is 16.9. The summed E-state index contributed by atoms with van der Waals surface area (Å²) in [6.45, 7) is 1.66. The molecular formula is C18H17FO4. The van der Waals surface area contributed by atoms with Gasteiger partial charge in [0.1, 0.15) is 5.82 Å². The minimum absolute atomic E-state index is 0.0574. The van der Waals surface area contributed by atoms with E-state index in [9.17, 15) is 19.1 Å². The van der Waals surface area contributed by atoms with Crippen molar-refractivity contribution in [1.82, 2.24) is 0 Å². The molecule has 0 heterocycles. The molecule has 0 radical (unpaired) electrons. The topological polar surface area (TPSA) is 63.6 Å². The van der Waals surface area contributed by atoms with Gasteiger partial charge in [0.25, 0.3) is 0 Å². The average molecular weight is 316 g/mol. The van der Waals surface area contributed by atoms with Crippen LogP contribution in [0.4, 0.5) is 4.39 Å². The van der Waals surface area contributed by atoms with Gasteiger partial charge in [0.05, 0.1) is 13.0 Å². The Morgan fingerprint density at radius 1 is 1.09 bits per heavy atom. The van der Waals surface area contributed by atoms with Crippen LogP contribution in [0, 0.1) is 5.82 Å². The Kier molecular flexibility index (Phi) is 5.24. The first-order valence-corrected chi connectivity index (χ1v) is 7.21. The van der Waals surface area contributed by atoms with Crippen molar-refractivity contribution < 1.29 is 23.8 Å². The molecule has 5 heteroatoms. The minimum Gasteiger partial charge on any atom is -0.464 e. The lowest BCUT2D eigenvalue weighted by Gasteiger charge is -2.25. The predicted octanol–water partition coefficient (Wildman–Crippen LogP) is 2.85. The van der Waals surface area contributed by atoms with E-state index in [4.69, 9.17) is 4.74 Å². The number of aliphatic hydroxyl groups is 1. The lowest BCUT2D eigenvalue weighted by molar-refractivity contribution is -0.166. The number of ether oxygens (including phenoxy) is 1. The molecule has 1 unspecified atom stereocenters. The Bertz CT molecular complexity index is 682. The summed E-state index contributed by atoms with van der Waals surface area (Å²) < 4.78 is 18.0. The summed E-state index contributed by atoms with van der Waals surface area (Å²) in [5, 5.41) is 10.8. The van der Waals surface area contributed by atoms with Crippen molar-refractivity contribution in [3.8, 4) is 0 Å². The Balaban J connectivity index is 2.36. The van der Waals surface area contributed by atoms with Crippen LogP contribution in [0.5, 0.6) is 0 Å². The molecule has 23 heavy (non-hydrogen) atoms. The average Bonchev–Trinajstić information content (AvgIpc) is 2.56. The second kappa shape index (κ2) is 7.15. The summed E-state index contributed by atoms with van der Waals surface area (Å²) in [4.78, 5) is 24.6. The van der Waals surface area contributed by atoms with Crippen LogP contribution in [0.3, 0.4) is 0 Å². The summed E-state index contributed by atoms with van der Waals surface area (Å²) in [7, 11) is 0. The number of hydrogen-bond donors (Lipinski definition) is 1. The van der Waals surface area contributed by atoms with E-state index in [0.717, 1.165) is 12.1 Å². The quantitative estimate of drug-likeness (QED) is 0.657.